The van der Waals surface area contributed by atoms with Crippen LogP contribution in [0, 0.1) is 17.0 Å². The molecule has 1 rings (SSSR count). The molecule has 18 heavy (non-hydrogen) atoms. The molecule has 3 N–H and O–H groups in total. The molecule has 100 valence electrons. The lowest BCUT2D eigenvalue weighted by Crippen LogP contribution is -2.28. The van der Waals surface area contributed by atoms with E-state index in [1.54, 1.807) is 0 Å². The van der Waals surface area contributed by atoms with Gasteiger partial charge in [0.25, 0.3) is 0 Å². The van der Waals surface area contributed by atoms with Crippen molar-refractivity contribution in [2.45, 2.75) is 19.9 Å². The Balaban J connectivity index is 2.81. The number of hydrogen-bond acceptors (Lipinski definition) is 2. The van der Waals surface area contributed by atoms with Gasteiger partial charge in [-0.15, -0.1) is 0 Å². The fraction of sp³-hybridized carbons (Fsp3) is 0.417. The van der Waals surface area contributed by atoms with Gasteiger partial charge in [-0.05, 0) is 34.6 Å². The predicted molar refractivity (Wildman–Crippen MR) is 71.5 cm³/mol. The van der Waals surface area contributed by atoms with Crippen molar-refractivity contribution in [3.63, 3.8) is 0 Å². The van der Waals surface area contributed by atoms with Gasteiger partial charge in [0.15, 0.2) is 0 Å². The van der Waals surface area contributed by atoms with E-state index in [1.807, 2.05) is 11.8 Å². The molecule has 0 aliphatic rings. The minimum Gasteiger partial charge on any atom is -0.388 e. The molecule has 0 radical (unpaired) electrons. The van der Waals surface area contributed by atoms with E-state index in [0.717, 1.165) is 0 Å². The number of nitrogens with two attached hydrogens (primary N) is 1. The number of nitrogens with zero attached hydrogens (tertiary/aromatic N) is 1. The van der Waals surface area contributed by atoms with Crippen LogP contribution in [0.4, 0.5) is 8.78 Å². The summed E-state index contributed by atoms with van der Waals surface area (Å²) in [4.78, 5) is 1.84. The summed E-state index contributed by atoms with van der Waals surface area (Å²) in [5, 5.41) is 7.16. The van der Waals surface area contributed by atoms with E-state index in [-0.39, 0.29) is 22.4 Å². The van der Waals surface area contributed by atoms with Gasteiger partial charge in [0.05, 0.1) is 10.3 Å². The summed E-state index contributed by atoms with van der Waals surface area (Å²) in [7, 11) is 0. The summed E-state index contributed by atoms with van der Waals surface area (Å²) >= 11 is 3.04. The highest BCUT2D eigenvalue weighted by molar-refractivity contribution is 9.10. The second-order valence-electron chi connectivity index (χ2n) is 3.97. The van der Waals surface area contributed by atoms with E-state index in [4.69, 9.17) is 11.1 Å². The molecular formula is C12H16BrF2N3. The molecule has 6 heteroatoms. The van der Waals surface area contributed by atoms with Crippen molar-refractivity contribution in [2.24, 2.45) is 5.73 Å². The summed E-state index contributed by atoms with van der Waals surface area (Å²) in [6, 6.07) is 2.58. The first kappa shape index (κ1) is 15.0. The van der Waals surface area contributed by atoms with Gasteiger partial charge < -0.3 is 5.73 Å². The molecule has 0 aliphatic carbocycles. The minimum absolute atomic E-state index is 0.0368. The maximum Gasteiger partial charge on any atom is 0.144 e. The van der Waals surface area contributed by atoms with Gasteiger partial charge in [-0.3, -0.25) is 10.3 Å². The van der Waals surface area contributed by atoms with E-state index in [1.165, 1.54) is 12.1 Å². The third-order valence-corrected chi connectivity index (χ3v) is 3.28. The lowest BCUT2D eigenvalue weighted by molar-refractivity contribution is 0.278. The maximum atomic E-state index is 13.8. The average Bonchev–Trinajstić information content (AvgIpc) is 2.33. The largest absolute Gasteiger partial charge is 0.388 e. The van der Waals surface area contributed by atoms with Gasteiger partial charge in [-0.1, -0.05) is 6.92 Å². The molecule has 0 atom stereocenters. The third-order valence-electron chi connectivity index (χ3n) is 2.67. The van der Waals surface area contributed by atoms with Crippen molar-refractivity contribution in [2.75, 3.05) is 13.1 Å². The maximum absolute atomic E-state index is 13.8. The number of nitrogens with one attached hydrogen (secondary N) is 1. The Morgan fingerprint density at radius 2 is 2.11 bits per heavy atom. The summed E-state index contributed by atoms with van der Waals surface area (Å²) in [5.74, 6) is -1.06. The summed E-state index contributed by atoms with van der Waals surface area (Å²) in [5.41, 5.74) is 5.31. The number of halogens is 3. The van der Waals surface area contributed by atoms with Crippen LogP contribution in [0.15, 0.2) is 16.6 Å². The topological polar surface area (TPSA) is 53.1 Å². The van der Waals surface area contributed by atoms with Crippen molar-refractivity contribution in [1.82, 2.24) is 4.90 Å². The number of rotatable bonds is 6. The summed E-state index contributed by atoms with van der Waals surface area (Å²) < 4.78 is 27.6. The fourth-order valence-corrected chi connectivity index (χ4v) is 1.94. The lowest BCUT2D eigenvalue weighted by atomic mass is 10.1. The van der Waals surface area contributed by atoms with Crippen LogP contribution in [0.2, 0.25) is 0 Å². The molecule has 0 unspecified atom stereocenters. The summed E-state index contributed by atoms with van der Waals surface area (Å²) in [6.45, 7) is 3.21. The van der Waals surface area contributed by atoms with Crippen molar-refractivity contribution in [1.29, 1.82) is 5.41 Å². The second kappa shape index (κ2) is 6.80. The van der Waals surface area contributed by atoms with Gasteiger partial charge in [-0.25, -0.2) is 8.78 Å². The first-order valence-corrected chi connectivity index (χ1v) is 6.42. The molecule has 0 aliphatic heterocycles. The minimum atomic E-state index is -0.573. The monoisotopic (exact) mass is 319 g/mol. The fourth-order valence-electron chi connectivity index (χ4n) is 1.57. The standard InChI is InChI=1S/C12H16BrF2N3/c1-2-18(6-5-11(16)17)7-8-10(14)4-3-9(13)12(8)15/h3-4H,2,5-7H2,1H3,(H3,16,17). The van der Waals surface area contributed by atoms with Gasteiger partial charge in [0.1, 0.15) is 11.6 Å². The average molecular weight is 320 g/mol. The van der Waals surface area contributed by atoms with Crippen LogP contribution >= 0.6 is 15.9 Å². The Morgan fingerprint density at radius 1 is 1.44 bits per heavy atom. The van der Waals surface area contributed by atoms with Gasteiger partial charge in [0, 0.05) is 25.1 Å². The lowest BCUT2D eigenvalue weighted by Gasteiger charge is -2.21. The van der Waals surface area contributed by atoms with E-state index in [2.05, 4.69) is 15.9 Å². The molecule has 1 aromatic carbocycles. The molecule has 0 saturated carbocycles. The normalized spacial score (nSPS) is 10.9. The first-order valence-electron chi connectivity index (χ1n) is 5.63. The molecule has 0 fully saturated rings. The van der Waals surface area contributed by atoms with E-state index in [9.17, 15) is 8.78 Å². The van der Waals surface area contributed by atoms with Crippen LogP contribution in [0.5, 0.6) is 0 Å². The molecular weight excluding hydrogens is 304 g/mol. The molecule has 0 bridgehead atoms. The Labute approximate surface area is 114 Å². The van der Waals surface area contributed by atoms with E-state index in [0.29, 0.717) is 19.5 Å². The molecule has 0 heterocycles. The molecule has 3 nitrogen and oxygen atoms in total. The van der Waals surface area contributed by atoms with Crippen LogP contribution in [-0.4, -0.2) is 23.8 Å². The van der Waals surface area contributed by atoms with Crippen LogP contribution in [0.1, 0.15) is 18.9 Å². The number of amidine groups is 1. The SMILES string of the molecule is CCN(CCC(=N)N)Cc1c(F)ccc(Br)c1F. The highest BCUT2D eigenvalue weighted by Crippen LogP contribution is 2.22. The second-order valence-corrected chi connectivity index (χ2v) is 4.82. The van der Waals surface area contributed by atoms with Crippen LogP contribution in [-0.2, 0) is 6.54 Å². The summed E-state index contributed by atoms with van der Waals surface area (Å²) in [6.07, 6.45) is 0.394. The quantitative estimate of drug-likeness (QED) is 0.481. The Kier molecular flexibility index (Phi) is 5.68. The molecule has 0 aromatic heterocycles. The van der Waals surface area contributed by atoms with Crippen molar-refractivity contribution in [3.05, 3.63) is 33.8 Å². The molecule has 0 spiro atoms. The smallest absolute Gasteiger partial charge is 0.144 e. The number of hydrogen-bond donors (Lipinski definition) is 2. The van der Waals surface area contributed by atoms with Crippen LogP contribution < -0.4 is 5.73 Å². The highest BCUT2D eigenvalue weighted by Gasteiger charge is 2.15. The zero-order chi connectivity index (χ0) is 13.7. The Morgan fingerprint density at radius 3 is 2.67 bits per heavy atom. The zero-order valence-corrected chi connectivity index (χ0v) is 11.7. The van der Waals surface area contributed by atoms with Crippen molar-refractivity contribution in [3.8, 4) is 0 Å². The van der Waals surface area contributed by atoms with Gasteiger partial charge in [-0.2, -0.15) is 0 Å². The Hall–Kier alpha value is -1.01. The van der Waals surface area contributed by atoms with Crippen LogP contribution in [0.3, 0.4) is 0 Å². The van der Waals surface area contributed by atoms with E-state index < -0.39 is 11.6 Å². The predicted octanol–water partition coefficient (Wildman–Crippen LogP) is 2.88. The molecule has 0 amide bonds. The Bertz CT molecular complexity index is 438. The van der Waals surface area contributed by atoms with Gasteiger partial charge >= 0.3 is 0 Å². The van der Waals surface area contributed by atoms with Gasteiger partial charge in [0.2, 0.25) is 0 Å². The molecule has 1 aromatic rings. The van der Waals surface area contributed by atoms with Crippen LogP contribution in [0.25, 0.3) is 0 Å². The van der Waals surface area contributed by atoms with Crippen molar-refractivity contribution < 1.29 is 8.78 Å². The van der Waals surface area contributed by atoms with E-state index >= 15 is 0 Å². The highest BCUT2D eigenvalue weighted by atomic mass is 79.9. The first-order chi connectivity index (χ1) is 8.45. The number of benzene rings is 1. The van der Waals surface area contributed by atoms with Crippen molar-refractivity contribution >= 4 is 21.8 Å². The third kappa shape index (κ3) is 4.03. The zero-order valence-electron chi connectivity index (χ0n) is 10.1. The molecule has 0 saturated heterocycles.